The molecule has 1 atom stereocenters. The van der Waals surface area contributed by atoms with Crippen molar-refractivity contribution in [3.63, 3.8) is 0 Å². The van der Waals surface area contributed by atoms with E-state index in [-0.39, 0.29) is 0 Å². The molecule has 1 unspecified atom stereocenters. The van der Waals surface area contributed by atoms with E-state index in [0.717, 1.165) is 16.0 Å². The topological polar surface area (TPSA) is 24.9 Å². The number of thiazole rings is 1. The quantitative estimate of drug-likeness (QED) is 0.921. The number of aromatic nitrogens is 1. The highest BCUT2D eigenvalue weighted by Crippen LogP contribution is 2.21. The lowest BCUT2D eigenvalue weighted by atomic mass is 10.2. The van der Waals surface area contributed by atoms with Crippen molar-refractivity contribution in [2.75, 3.05) is 0 Å². The summed E-state index contributed by atoms with van der Waals surface area (Å²) in [4.78, 5) is 5.65. The van der Waals surface area contributed by atoms with Gasteiger partial charge in [0.25, 0.3) is 0 Å². The molecule has 90 valence electrons. The van der Waals surface area contributed by atoms with Gasteiger partial charge in [0.2, 0.25) is 0 Å². The van der Waals surface area contributed by atoms with E-state index in [1.54, 1.807) is 11.3 Å². The molecule has 1 heterocycles. The summed E-state index contributed by atoms with van der Waals surface area (Å²) in [6.45, 7) is 5.08. The zero-order chi connectivity index (χ0) is 12.3. The Morgan fingerprint density at radius 3 is 2.82 bits per heavy atom. The molecule has 2 rings (SSSR count). The SMILES string of the molecule is Cc1cnc(C(C)NCc2ccccc2Br)s1. The average molecular weight is 311 g/mol. The fraction of sp³-hybridized carbons (Fsp3) is 0.308. The molecule has 17 heavy (non-hydrogen) atoms. The van der Waals surface area contributed by atoms with E-state index >= 15 is 0 Å². The molecule has 0 saturated heterocycles. The maximum absolute atomic E-state index is 4.39. The third-order valence-electron chi connectivity index (χ3n) is 2.57. The summed E-state index contributed by atoms with van der Waals surface area (Å²) in [6, 6.07) is 8.56. The van der Waals surface area contributed by atoms with Gasteiger partial charge in [0, 0.05) is 22.1 Å². The average Bonchev–Trinajstić information content (AvgIpc) is 2.74. The van der Waals surface area contributed by atoms with Gasteiger partial charge in [-0.25, -0.2) is 4.98 Å². The molecule has 0 fully saturated rings. The van der Waals surface area contributed by atoms with Gasteiger partial charge in [0.1, 0.15) is 5.01 Å². The van der Waals surface area contributed by atoms with Gasteiger partial charge in [0.15, 0.2) is 0 Å². The minimum absolute atomic E-state index is 0.292. The molecule has 1 N–H and O–H groups in total. The van der Waals surface area contributed by atoms with E-state index in [2.05, 4.69) is 58.3 Å². The van der Waals surface area contributed by atoms with Crippen molar-refractivity contribution in [3.8, 4) is 0 Å². The van der Waals surface area contributed by atoms with Gasteiger partial charge >= 0.3 is 0 Å². The number of nitrogens with one attached hydrogen (secondary N) is 1. The predicted octanol–water partition coefficient (Wildman–Crippen LogP) is 4.06. The minimum Gasteiger partial charge on any atom is -0.304 e. The summed E-state index contributed by atoms with van der Waals surface area (Å²) in [5, 5.41) is 4.64. The Kier molecular flexibility index (Phi) is 4.31. The van der Waals surface area contributed by atoms with Crippen molar-refractivity contribution in [1.82, 2.24) is 10.3 Å². The van der Waals surface area contributed by atoms with E-state index in [9.17, 15) is 0 Å². The predicted molar refractivity (Wildman–Crippen MR) is 76.2 cm³/mol. The van der Waals surface area contributed by atoms with Crippen molar-refractivity contribution in [1.29, 1.82) is 0 Å². The summed E-state index contributed by atoms with van der Waals surface area (Å²) >= 11 is 5.30. The fourth-order valence-electron chi connectivity index (χ4n) is 1.56. The van der Waals surface area contributed by atoms with Crippen LogP contribution in [-0.2, 0) is 6.54 Å². The van der Waals surface area contributed by atoms with Crippen LogP contribution in [0.5, 0.6) is 0 Å². The smallest absolute Gasteiger partial charge is 0.109 e. The van der Waals surface area contributed by atoms with E-state index < -0.39 is 0 Å². The third kappa shape index (κ3) is 3.37. The molecule has 0 aliphatic heterocycles. The lowest BCUT2D eigenvalue weighted by molar-refractivity contribution is 0.571. The van der Waals surface area contributed by atoms with Crippen molar-refractivity contribution in [2.45, 2.75) is 26.4 Å². The molecule has 0 aliphatic rings. The van der Waals surface area contributed by atoms with E-state index in [1.165, 1.54) is 10.4 Å². The zero-order valence-corrected chi connectivity index (χ0v) is 12.3. The van der Waals surface area contributed by atoms with E-state index in [0.29, 0.717) is 6.04 Å². The Morgan fingerprint density at radius 1 is 1.41 bits per heavy atom. The van der Waals surface area contributed by atoms with Gasteiger partial charge in [-0.3, -0.25) is 0 Å². The number of aryl methyl sites for hydroxylation is 1. The number of hydrogen-bond donors (Lipinski definition) is 1. The lowest BCUT2D eigenvalue weighted by Gasteiger charge is -2.12. The first-order valence-electron chi connectivity index (χ1n) is 5.56. The maximum Gasteiger partial charge on any atom is 0.109 e. The first-order chi connectivity index (χ1) is 8.16. The van der Waals surface area contributed by atoms with Gasteiger partial charge in [0.05, 0.1) is 6.04 Å². The Labute approximate surface area is 114 Å². The molecule has 4 heteroatoms. The molecule has 2 aromatic rings. The molecule has 1 aromatic carbocycles. The van der Waals surface area contributed by atoms with Crippen LogP contribution in [-0.4, -0.2) is 4.98 Å². The normalized spacial score (nSPS) is 12.6. The molecule has 1 aromatic heterocycles. The zero-order valence-electron chi connectivity index (χ0n) is 9.90. The first kappa shape index (κ1) is 12.7. The van der Waals surface area contributed by atoms with Gasteiger partial charge in [-0.15, -0.1) is 11.3 Å². The van der Waals surface area contributed by atoms with Gasteiger partial charge in [-0.2, -0.15) is 0 Å². The highest BCUT2D eigenvalue weighted by Gasteiger charge is 2.09. The largest absolute Gasteiger partial charge is 0.304 e. The second-order valence-corrected chi connectivity index (χ2v) is 6.12. The Balaban J connectivity index is 1.97. The molecule has 0 radical (unpaired) electrons. The second kappa shape index (κ2) is 5.76. The molecule has 0 spiro atoms. The Bertz CT molecular complexity index is 496. The van der Waals surface area contributed by atoms with Crippen molar-refractivity contribution in [3.05, 3.63) is 50.4 Å². The lowest BCUT2D eigenvalue weighted by Crippen LogP contribution is -2.18. The molecule has 0 amide bonds. The monoisotopic (exact) mass is 310 g/mol. The van der Waals surface area contributed by atoms with Crippen LogP contribution in [0, 0.1) is 6.92 Å². The van der Waals surface area contributed by atoms with Crippen LogP contribution in [0.25, 0.3) is 0 Å². The summed E-state index contributed by atoms with van der Waals surface area (Å²) in [5.74, 6) is 0. The van der Waals surface area contributed by atoms with Crippen LogP contribution in [0.4, 0.5) is 0 Å². The Hall–Kier alpha value is -0.710. The van der Waals surface area contributed by atoms with Crippen LogP contribution in [0.15, 0.2) is 34.9 Å². The molecule has 2 nitrogen and oxygen atoms in total. The first-order valence-corrected chi connectivity index (χ1v) is 7.17. The summed E-state index contributed by atoms with van der Waals surface area (Å²) in [7, 11) is 0. The molecular weight excluding hydrogens is 296 g/mol. The fourth-order valence-corrected chi connectivity index (χ4v) is 2.79. The second-order valence-electron chi connectivity index (χ2n) is 4.00. The summed E-state index contributed by atoms with van der Waals surface area (Å²) in [5.41, 5.74) is 1.27. The van der Waals surface area contributed by atoms with E-state index in [1.807, 2.05) is 12.3 Å². The molecule has 0 saturated carbocycles. The van der Waals surface area contributed by atoms with Gasteiger partial charge in [-0.05, 0) is 25.5 Å². The summed E-state index contributed by atoms with van der Waals surface area (Å²) in [6.07, 6.45) is 1.93. The number of nitrogens with zero attached hydrogens (tertiary/aromatic N) is 1. The Morgan fingerprint density at radius 2 is 2.18 bits per heavy atom. The maximum atomic E-state index is 4.39. The van der Waals surface area contributed by atoms with Crippen molar-refractivity contribution in [2.24, 2.45) is 0 Å². The van der Waals surface area contributed by atoms with E-state index in [4.69, 9.17) is 0 Å². The third-order valence-corrected chi connectivity index (χ3v) is 4.44. The molecular formula is C13H15BrN2S. The number of hydrogen-bond acceptors (Lipinski definition) is 3. The highest BCUT2D eigenvalue weighted by atomic mass is 79.9. The minimum atomic E-state index is 0.292. The number of rotatable bonds is 4. The van der Waals surface area contributed by atoms with Crippen LogP contribution < -0.4 is 5.32 Å². The van der Waals surface area contributed by atoms with Gasteiger partial charge < -0.3 is 5.32 Å². The number of benzene rings is 1. The number of halogens is 1. The molecule has 0 bridgehead atoms. The van der Waals surface area contributed by atoms with Gasteiger partial charge in [-0.1, -0.05) is 34.1 Å². The standard InChI is InChI=1S/C13H15BrN2S/c1-9-7-16-13(17-9)10(2)15-8-11-5-3-4-6-12(11)14/h3-7,10,15H,8H2,1-2H3. The summed E-state index contributed by atoms with van der Waals surface area (Å²) < 4.78 is 1.15. The highest BCUT2D eigenvalue weighted by molar-refractivity contribution is 9.10. The van der Waals surface area contributed by atoms with Crippen LogP contribution in [0.3, 0.4) is 0 Å². The van der Waals surface area contributed by atoms with Crippen molar-refractivity contribution >= 4 is 27.3 Å². The van der Waals surface area contributed by atoms with Crippen LogP contribution in [0.2, 0.25) is 0 Å². The van der Waals surface area contributed by atoms with Crippen molar-refractivity contribution < 1.29 is 0 Å². The molecule has 0 aliphatic carbocycles. The van der Waals surface area contributed by atoms with Crippen LogP contribution >= 0.6 is 27.3 Å². The van der Waals surface area contributed by atoms with Crippen LogP contribution in [0.1, 0.15) is 28.4 Å².